The zero-order valence-electron chi connectivity index (χ0n) is 10.3. The van der Waals surface area contributed by atoms with Crippen molar-refractivity contribution in [3.63, 3.8) is 0 Å². The first-order valence-electron chi connectivity index (χ1n) is 6.33. The molecule has 0 aromatic heterocycles. The summed E-state index contributed by atoms with van der Waals surface area (Å²) in [5, 5.41) is 9.57. The minimum Gasteiger partial charge on any atom is -0.391 e. The molecule has 2 aliphatic rings. The molecular formula is C12H20N2O3. The van der Waals surface area contributed by atoms with E-state index in [2.05, 4.69) is 0 Å². The summed E-state index contributed by atoms with van der Waals surface area (Å²) in [5.41, 5.74) is 0. The molecule has 0 bridgehead atoms. The van der Waals surface area contributed by atoms with Gasteiger partial charge in [0.25, 0.3) is 0 Å². The van der Waals surface area contributed by atoms with Gasteiger partial charge in [-0.25, -0.2) is 0 Å². The lowest BCUT2D eigenvalue weighted by Gasteiger charge is -2.34. The number of carbonyl (C=O) groups is 2. The molecule has 2 saturated heterocycles. The monoisotopic (exact) mass is 240 g/mol. The molecule has 96 valence electrons. The number of hydrogen-bond donors (Lipinski definition) is 1. The molecule has 5 nitrogen and oxygen atoms in total. The molecule has 0 aliphatic carbocycles. The summed E-state index contributed by atoms with van der Waals surface area (Å²) < 4.78 is 0. The number of likely N-dealkylation sites (tertiary alicyclic amines) is 2. The summed E-state index contributed by atoms with van der Waals surface area (Å²) in [6.45, 7) is 3.32. The Hall–Kier alpha value is -1.10. The molecule has 0 aromatic rings. The summed E-state index contributed by atoms with van der Waals surface area (Å²) in [4.78, 5) is 27.1. The quantitative estimate of drug-likeness (QED) is 0.700. The third-order valence-corrected chi connectivity index (χ3v) is 3.65. The minimum absolute atomic E-state index is 0.0106. The van der Waals surface area contributed by atoms with Gasteiger partial charge in [0, 0.05) is 26.6 Å². The van der Waals surface area contributed by atoms with Crippen molar-refractivity contribution in [3.05, 3.63) is 0 Å². The number of carbonyl (C=O) groups excluding carboxylic acids is 2. The van der Waals surface area contributed by atoms with Crippen molar-refractivity contribution in [2.24, 2.45) is 0 Å². The molecule has 2 amide bonds. The number of rotatable bonds is 1. The molecule has 0 saturated carbocycles. The first-order chi connectivity index (χ1) is 8.09. The first kappa shape index (κ1) is 12.4. The van der Waals surface area contributed by atoms with Gasteiger partial charge in [-0.2, -0.15) is 0 Å². The lowest BCUT2D eigenvalue weighted by atomic mass is 10.1. The van der Waals surface area contributed by atoms with Gasteiger partial charge < -0.3 is 14.9 Å². The van der Waals surface area contributed by atoms with Gasteiger partial charge in [-0.3, -0.25) is 9.59 Å². The molecule has 0 radical (unpaired) electrons. The molecule has 5 heteroatoms. The van der Waals surface area contributed by atoms with Gasteiger partial charge in [-0.05, 0) is 25.7 Å². The van der Waals surface area contributed by atoms with Crippen molar-refractivity contribution < 1.29 is 14.7 Å². The van der Waals surface area contributed by atoms with Crippen LogP contribution in [0, 0.1) is 0 Å². The zero-order valence-corrected chi connectivity index (χ0v) is 10.3. The molecule has 2 rings (SSSR count). The van der Waals surface area contributed by atoms with Crippen LogP contribution in [0.5, 0.6) is 0 Å². The summed E-state index contributed by atoms with van der Waals surface area (Å²) in [6, 6.07) is -0.294. The molecule has 2 heterocycles. The van der Waals surface area contributed by atoms with Crippen molar-refractivity contribution in [1.82, 2.24) is 9.80 Å². The molecule has 1 N–H and O–H groups in total. The molecule has 2 atom stereocenters. The average Bonchev–Trinajstić information content (AvgIpc) is 2.77. The van der Waals surface area contributed by atoms with Crippen molar-refractivity contribution in [3.8, 4) is 0 Å². The number of amides is 2. The zero-order chi connectivity index (χ0) is 12.4. The van der Waals surface area contributed by atoms with Crippen molar-refractivity contribution in [1.29, 1.82) is 0 Å². The van der Waals surface area contributed by atoms with Gasteiger partial charge in [-0.1, -0.05) is 0 Å². The van der Waals surface area contributed by atoms with Crippen LogP contribution < -0.4 is 0 Å². The van der Waals surface area contributed by atoms with E-state index < -0.39 is 6.10 Å². The van der Waals surface area contributed by atoms with Crippen LogP contribution in [0.3, 0.4) is 0 Å². The smallest absolute Gasteiger partial charge is 0.245 e. The van der Waals surface area contributed by atoms with Crippen molar-refractivity contribution >= 4 is 11.8 Å². The van der Waals surface area contributed by atoms with Crippen LogP contribution in [0.1, 0.15) is 32.6 Å². The highest BCUT2D eigenvalue weighted by Gasteiger charge is 2.36. The highest BCUT2D eigenvalue weighted by Crippen LogP contribution is 2.21. The Morgan fingerprint density at radius 2 is 1.88 bits per heavy atom. The Morgan fingerprint density at radius 3 is 2.53 bits per heavy atom. The Balaban J connectivity index is 2.01. The Morgan fingerprint density at radius 1 is 1.18 bits per heavy atom. The van der Waals surface area contributed by atoms with E-state index in [1.807, 2.05) is 0 Å². The van der Waals surface area contributed by atoms with E-state index in [0.29, 0.717) is 19.6 Å². The number of nitrogens with zero attached hydrogens (tertiary/aromatic N) is 2. The lowest BCUT2D eigenvalue weighted by Crippen LogP contribution is -2.51. The second-order valence-electron chi connectivity index (χ2n) is 4.95. The van der Waals surface area contributed by atoms with E-state index in [4.69, 9.17) is 0 Å². The van der Waals surface area contributed by atoms with Crippen LogP contribution in [0.15, 0.2) is 0 Å². The Labute approximate surface area is 101 Å². The maximum absolute atomic E-state index is 12.3. The Kier molecular flexibility index (Phi) is 3.66. The fraction of sp³-hybridized carbons (Fsp3) is 0.833. The number of aliphatic hydroxyl groups is 1. The van der Waals surface area contributed by atoms with Crippen LogP contribution in [-0.4, -0.2) is 58.5 Å². The van der Waals surface area contributed by atoms with Crippen LogP contribution in [0.2, 0.25) is 0 Å². The fourth-order valence-electron chi connectivity index (χ4n) is 2.77. The van der Waals surface area contributed by atoms with Gasteiger partial charge in [0.15, 0.2) is 0 Å². The normalized spacial score (nSPS) is 29.5. The van der Waals surface area contributed by atoms with Gasteiger partial charge in [0.05, 0.1) is 6.10 Å². The molecule has 0 aromatic carbocycles. The number of hydrogen-bond acceptors (Lipinski definition) is 3. The van der Waals surface area contributed by atoms with Gasteiger partial charge in [0.2, 0.25) is 11.8 Å². The van der Waals surface area contributed by atoms with E-state index >= 15 is 0 Å². The number of aliphatic hydroxyl groups excluding tert-OH is 1. The molecule has 0 spiro atoms. The molecule has 2 fully saturated rings. The third-order valence-electron chi connectivity index (χ3n) is 3.65. The largest absolute Gasteiger partial charge is 0.391 e. The van der Waals surface area contributed by atoms with Gasteiger partial charge >= 0.3 is 0 Å². The summed E-state index contributed by atoms with van der Waals surface area (Å²) in [7, 11) is 0. The van der Waals surface area contributed by atoms with Crippen LogP contribution in [-0.2, 0) is 9.59 Å². The standard InChI is InChI=1S/C12H20N2O3/c1-9(15)14-7-3-5-11(14)12(17)13-6-2-4-10(16)8-13/h10-11,16H,2-8H2,1H3/t10?,11-/m0/s1. The van der Waals surface area contributed by atoms with Crippen molar-refractivity contribution in [2.75, 3.05) is 19.6 Å². The molecule has 17 heavy (non-hydrogen) atoms. The lowest BCUT2D eigenvalue weighted by molar-refractivity contribution is -0.144. The van der Waals surface area contributed by atoms with E-state index in [9.17, 15) is 14.7 Å². The molecule has 2 aliphatic heterocycles. The Bertz CT molecular complexity index is 319. The van der Waals surface area contributed by atoms with Crippen molar-refractivity contribution in [2.45, 2.75) is 44.8 Å². The minimum atomic E-state index is -0.403. The van der Waals surface area contributed by atoms with Gasteiger partial charge in [0.1, 0.15) is 6.04 Å². The first-order valence-corrected chi connectivity index (χ1v) is 6.33. The maximum Gasteiger partial charge on any atom is 0.245 e. The summed E-state index contributed by atoms with van der Waals surface area (Å²) in [6.07, 6.45) is 2.86. The predicted octanol–water partition coefficient (Wildman–Crippen LogP) is -0.0194. The van der Waals surface area contributed by atoms with Crippen LogP contribution in [0.4, 0.5) is 0 Å². The van der Waals surface area contributed by atoms with Crippen LogP contribution in [0.25, 0.3) is 0 Å². The van der Waals surface area contributed by atoms with E-state index in [1.54, 1.807) is 9.80 Å². The fourth-order valence-corrected chi connectivity index (χ4v) is 2.77. The van der Waals surface area contributed by atoms with E-state index in [0.717, 1.165) is 25.7 Å². The van der Waals surface area contributed by atoms with Gasteiger partial charge in [-0.15, -0.1) is 0 Å². The highest BCUT2D eigenvalue weighted by molar-refractivity contribution is 5.87. The molecular weight excluding hydrogens is 220 g/mol. The SMILES string of the molecule is CC(=O)N1CCC[C@H]1C(=O)N1CCCC(O)C1. The highest BCUT2D eigenvalue weighted by atomic mass is 16.3. The number of piperidine rings is 1. The predicted molar refractivity (Wildman–Crippen MR) is 62.2 cm³/mol. The van der Waals surface area contributed by atoms with E-state index in [-0.39, 0.29) is 17.9 Å². The second kappa shape index (κ2) is 5.04. The second-order valence-corrected chi connectivity index (χ2v) is 4.95. The summed E-state index contributed by atoms with van der Waals surface area (Å²) in [5.74, 6) is -0.0187. The number of β-amino-alcohol motifs (C(OH)–C–C–N with tert-alkyl or cyclic N) is 1. The van der Waals surface area contributed by atoms with Crippen LogP contribution >= 0.6 is 0 Å². The molecule has 1 unspecified atom stereocenters. The summed E-state index contributed by atoms with van der Waals surface area (Å²) >= 11 is 0. The third kappa shape index (κ3) is 2.60. The average molecular weight is 240 g/mol. The topological polar surface area (TPSA) is 60.9 Å². The maximum atomic E-state index is 12.3. The van der Waals surface area contributed by atoms with E-state index in [1.165, 1.54) is 6.92 Å².